The fraction of sp³-hybridized carbons (Fsp3) is 0.638. The van der Waals surface area contributed by atoms with Crippen LogP contribution in [0.1, 0.15) is 140 Å². The van der Waals surface area contributed by atoms with Gasteiger partial charge in [-0.15, -0.1) is 18.3 Å². The number of fused-ring (bicyclic) bond motifs is 4. The fourth-order valence-corrected chi connectivity index (χ4v) is 16.2. The number of nitrogens with zero attached hydrogens (tertiary/aromatic N) is 3. The third-order valence-electron chi connectivity index (χ3n) is 20.0. The molecular weight excluding hydrogens is 986 g/mol. The van der Waals surface area contributed by atoms with Gasteiger partial charge in [-0.1, -0.05) is 96.0 Å². The third-order valence-corrected chi connectivity index (χ3v) is 21.6. The lowest BCUT2D eigenvalue weighted by atomic mass is 9.48. The van der Waals surface area contributed by atoms with Crippen LogP contribution in [0.5, 0.6) is 0 Å². The lowest BCUT2D eigenvalue weighted by Crippen LogP contribution is -2.60. The highest BCUT2D eigenvalue weighted by atomic mass is 35.5. The highest BCUT2D eigenvalue weighted by Crippen LogP contribution is 2.64. The molecule has 3 saturated heterocycles. The smallest absolute Gasteiger partial charge is 0.352 e. The minimum atomic E-state index is -1.72. The van der Waals surface area contributed by atoms with Crippen molar-refractivity contribution < 1.29 is 42.2 Å². The number of hydrogen-bond acceptors (Lipinski definition) is 12. The second-order valence-electron chi connectivity index (χ2n) is 24.1. The molecule has 7 aliphatic rings. The average Bonchev–Trinajstić information content (AvgIpc) is 4.28. The van der Waals surface area contributed by atoms with Crippen LogP contribution in [-0.4, -0.2) is 101 Å². The van der Waals surface area contributed by atoms with Crippen LogP contribution in [-0.2, 0) is 28.6 Å². The highest BCUT2D eigenvalue weighted by molar-refractivity contribution is 8.00. The van der Waals surface area contributed by atoms with Crippen molar-refractivity contribution in [3.63, 3.8) is 0 Å². The van der Waals surface area contributed by atoms with Crippen molar-refractivity contribution in [2.45, 2.75) is 166 Å². The Morgan fingerprint density at radius 1 is 1.04 bits per heavy atom. The summed E-state index contributed by atoms with van der Waals surface area (Å²) in [6.45, 7) is 17.5. The molecule has 7 fully saturated rings. The Hall–Kier alpha value is -4.31. The molecule has 74 heavy (non-hydrogen) atoms. The minimum Gasteiger partial charge on any atom is -0.461 e. The molecule has 3 aliphatic heterocycles. The number of pyridine rings is 1. The number of nitrogens with two attached hydrogens (primary N) is 1. The van der Waals surface area contributed by atoms with E-state index in [-0.39, 0.29) is 74.9 Å². The maximum absolute atomic E-state index is 16.3. The number of halogens is 3. The zero-order valence-electron chi connectivity index (χ0n) is 43.9. The summed E-state index contributed by atoms with van der Waals surface area (Å²) in [6, 6.07) is 9.39. The Kier molecular flexibility index (Phi) is 14.1. The van der Waals surface area contributed by atoms with Gasteiger partial charge in [-0.3, -0.25) is 14.4 Å². The number of hydrogen-bond donors (Lipinski definition) is 1. The lowest BCUT2D eigenvalue weighted by molar-refractivity contribution is -0.201. The molecular formula is C58H73ClF2N4O8S. The molecule has 4 heterocycles. The number of ketones is 1. The van der Waals surface area contributed by atoms with Gasteiger partial charge in [0.25, 0.3) is 0 Å². The van der Waals surface area contributed by atoms with Gasteiger partial charge in [0.1, 0.15) is 35.5 Å². The van der Waals surface area contributed by atoms with Gasteiger partial charge in [-0.05, 0) is 75.8 Å². The number of aromatic nitrogens is 1. The highest BCUT2D eigenvalue weighted by Gasteiger charge is 2.66. The summed E-state index contributed by atoms with van der Waals surface area (Å²) in [5.74, 6) is -4.09. The van der Waals surface area contributed by atoms with Gasteiger partial charge in [-0.2, -0.15) is 0 Å². The number of esters is 3. The number of ether oxygens (including phenoxy) is 3. The standard InChI is InChI=1S/C58H73ClF2N4O8S/c1-9-31(3)57(7)44(71-45(67)29-74-36-22-34-16-17-35(23-36)63(34)8)26-55(5,10-2)52(32(4)56(6)19-18-42(66)51(56)57)73-54(70)50(33-14-12-11-13-15-33)72-53(69)38-27-65(41-25-39(41)60)47-37(49(38)68)24-40(61)48(46(47)59)64-28-43(62)58(30-64)20-21-58/h10-15,24,27,31-32,34-36,39,41,43-44,50-52H,2,9,16-23,25-26,28-30,62H2,1,3-8H3/t31?,32-,34?,35?,36?,39+,41?,43-,44+,50?,51?,52-,55+,56?,57-/m1/s1. The zero-order chi connectivity index (χ0) is 53.0. The maximum Gasteiger partial charge on any atom is 0.352 e. The quantitative estimate of drug-likeness (QED) is 0.0930. The van der Waals surface area contributed by atoms with Crippen molar-refractivity contribution in [1.82, 2.24) is 9.47 Å². The molecule has 10 rings (SSSR count). The molecule has 12 nitrogen and oxygen atoms in total. The summed E-state index contributed by atoms with van der Waals surface area (Å²) in [4.78, 5) is 77.4. The van der Waals surface area contributed by atoms with Gasteiger partial charge >= 0.3 is 17.9 Å². The monoisotopic (exact) mass is 1060 g/mol. The number of alkyl halides is 1. The van der Waals surface area contributed by atoms with Crippen LogP contribution in [0.3, 0.4) is 0 Å². The third kappa shape index (κ3) is 8.92. The van der Waals surface area contributed by atoms with Gasteiger partial charge in [0.15, 0.2) is 0 Å². The van der Waals surface area contributed by atoms with Crippen LogP contribution in [0.15, 0.2) is 60.0 Å². The number of Topliss-reactive ketones (excluding diaryl/α,β-unsaturated/α-hetero) is 1. The number of carbonyl (C=O) groups is 4. The zero-order valence-corrected chi connectivity index (χ0v) is 45.5. The first-order chi connectivity index (χ1) is 35.1. The molecule has 4 saturated carbocycles. The molecule has 2 aromatic carbocycles. The molecule has 7 unspecified atom stereocenters. The van der Waals surface area contributed by atoms with Gasteiger partial charge in [0.2, 0.25) is 11.5 Å². The van der Waals surface area contributed by atoms with Crippen LogP contribution >= 0.6 is 23.4 Å². The SMILES string of the molecule is C=C[C@@]1(C)C[C@H](OC(=O)CSC2CC3CCC(C2)N3C)[C@@](C)(C(C)CC)C2C(=O)CCC2(C)[C@H](C)[C@H]1OC(=O)C(OC(=O)c1cn(C2C[C@@H]2F)c2c(Cl)c(N3C[C@@H](N)C4(CC4)C3)c(F)cc2c1=O)c1ccccc1. The van der Waals surface area contributed by atoms with Crippen LogP contribution < -0.4 is 16.1 Å². The predicted molar refractivity (Wildman–Crippen MR) is 283 cm³/mol. The number of rotatable bonds is 14. The van der Waals surface area contributed by atoms with Crippen molar-refractivity contribution >= 4 is 63.6 Å². The summed E-state index contributed by atoms with van der Waals surface area (Å²) in [6.07, 6.45) is 6.20. The van der Waals surface area contributed by atoms with E-state index in [1.807, 2.05) is 13.8 Å². The molecule has 0 radical (unpaired) electrons. The molecule has 0 amide bonds. The number of piperidine rings is 1. The molecule has 3 aromatic rings. The second-order valence-corrected chi connectivity index (χ2v) is 25.8. The Labute approximate surface area is 442 Å². The normalized spacial score (nSPS) is 35.9. The van der Waals surface area contributed by atoms with E-state index < -0.39 is 87.4 Å². The summed E-state index contributed by atoms with van der Waals surface area (Å²) >= 11 is 8.69. The van der Waals surface area contributed by atoms with E-state index in [9.17, 15) is 19.2 Å². The first-order valence-electron chi connectivity index (χ1n) is 27.0. The summed E-state index contributed by atoms with van der Waals surface area (Å²) in [5, 5.41) is 0.0283. The molecule has 2 bridgehead atoms. The number of benzene rings is 2. The van der Waals surface area contributed by atoms with Gasteiger partial charge in [0.05, 0.1) is 33.4 Å². The second kappa shape index (κ2) is 19.6. The topological polar surface area (TPSA) is 150 Å². The molecule has 16 heteroatoms. The molecule has 14 atom stereocenters. The first-order valence-corrected chi connectivity index (χ1v) is 28.4. The Morgan fingerprint density at radius 2 is 1.72 bits per heavy atom. The van der Waals surface area contributed by atoms with Crippen molar-refractivity contribution in [1.29, 1.82) is 0 Å². The van der Waals surface area contributed by atoms with E-state index in [0.717, 1.165) is 38.2 Å². The average molecular weight is 1060 g/mol. The first kappa shape index (κ1) is 53.1. The van der Waals surface area contributed by atoms with E-state index in [2.05, 4.69) is 46.2 Å². The fourth-order valence-electron chi connectivity index (χ4n) is 14.6. The lowest BCUT2D eigenvalue weighted by Gasteiger charge is -2.58. The van der Waals surface area contributed by atoms with Crippen molar-refractivity contribution in [3.05, 3.63) is 87.4 Å². The van der Waals surface area contributed by atoms with E-state index >= 15 is 13.6 Å². The van der Waals surface area contributed by atoms with E-state index in [1.165, 1.54) is 23.6 Å². The van der Waals surface area contributed by atoms with Crippen molar-refractivity contribution in [2.24, 2.45) is 45.1 Å². The number of carbonyl (C=O) groups excluding carboxylic acids is 4. The van der Waals surface area contributed by atoms with Gasteiger partial charge in [0, 0.05) is 89.1 Å². The van der Waals surface area contributed by atoms with Crippen LogP contribution in [0.4, 0.5) is 14.5 Å². The Morgan fingerprint density at radius 3 is 2.32 bits per heavy atom. The minimum absolute atomic E-state index is 0.0464. The molecule has 4 aliphatic carbocycles. The molecule has 400 valence electrons. The Balaban J connectivity index is 0.972. The molecule has 1 aromatic heterocycles. The van der Waals surface area contributed by atoms with Crippen LogP contribution in [0, 0.1) is 45.2 Å². The van der Waals surface area contributed by atoms with Crippen molar-refractivity contribution in [3.8, 4) is 0 Å². The molecule has 2 N–H and O–H groups in total. The van der Waals surface area contributed by atoms with Gasteiger partial charge < -0.3 is 34.3 Å². The van der Waals surface area contributed by atoms with Crippen LogP contribution in [0.25, 0.3) is 10.9 Å². The number of thioether (sulfide) groups is 1. The van der Waals surface area contributed by atoms with Gasteiger partial charge in [-0.25, -0.2) is 18.4 Å². The Bertz CT molecular complexity index is 2800. The number of anilines is 1. The van der Waals surface area contributed by atoms with Crippen molar-refractivity contribution in [2.75, 3.05) is 30.8 Å². The van der Waals surface area contributed by atoms with E-state index in [0.29, 0.717) is 43.3 Å². The summed E-state index contributed by atoms with van der Waals surface area (Å²) in [7, 11) is 2.20. The van der Waals surface area contributed by atoms with E-state index in [1.54, 1.807) is 53.1 Å². The summed E-state index contributed by atoms with van der Waals surface area (Å²) in [5.41, 5.74) is 2.72. The largest absolute Gasteiger partial charge is 0.461 e. The predicted octanol–water partition coefficient (Wildman–Crippen LogP) is 10.4. The summed E-state index contributed by atoms with van der Waals surface area (Å²) < 4.78 is 52.4. The van der Waals surface area contributed by atoms with Crippen LogP contribution in [0.2, 0.25) is 5.02 Å². The van der Waals surface area contributed by atoms with E-state index in [4.69, 9.17) is 31.5 Å². The maximum atomic E-state index is 16.3. The molecule has 1 spiro atoms.